The Morgan fingerprint density at radius 2 is 2.24 bits per heavy atom. The minimum atomic E-state index is -0.0197. The topological polar surface area (TPSA) is 33.2 Å². The van der Waals surface area contributed by atoms with Crippen molar-refractivity contribution in [3.05, 3.63) is 21.2 Å². The van der Waals surface area contributed by atoms with Crippen LogP contribution in [0.1, 0.15) is 26.2 Å². The summed E-state index contributed by atoms with van der Waals surface area (Å²) >= 11 is 6.90. The van der Waals surface area contributed by atoms with E-state index >= 15 is 0 Å². The second kappa shape index (κ2) is 5.48. The van der Waals surface area contributed by atoms with Crippen molar-refractivity contribution in [3.8, 4) is 0 Å². The number of ketones is 1. The van der Waals surface area contributed by atoms with E-state index < -0.39 is 0 Å². The van der Waals surface area contributed by atoms with Gasteiger partial charge in [0.1, 0.15) is 5.82 Å². The Hall–Kier alpha value is -0.420. The van der Waals surface area contributed by atoms with Gasteiger partial charge in [-0.3, -0.25) is 4.79 Å². The van der Waals surface area contributed by atoms with Gasteiger partial charge in [0.05, 0.1) is 10.5 Å². The highest BCUT2D eigenvalue weighted by Gasteiger charge is 2.28. The summed E-state index contributed by atoms with van der Waals surface area (Å²) in [5.74, 6) is 1.09. The highest BCUT2D eigenvalue weighted by Crippen LogP contribution is 2.31. The predicted octanol–water partition coefficient (Wildman–Crippen LogP) is 3.55. The van der Waals surface area contributed by atoms with Crippen molar-refractivity contribution < 1.29 is 4.79 Å². The number of rotatable bonds is 2. The number of hydrogen-bond acceptors (Lipinski definition) is 3. The van der Waals surface area contributed by atoms with E-state index in [1.165, 1.54) is 0 Å². The van der Waals surface area contributed by atoms with E-state index in [2.05, 4.69) is 41.7 Å². The van der Waals surface area contributed by atoms with Gasteiger partial charge in [0.15, 0.2) is 5.78 Å². The summed E-state index contributed by atoms with van der Waals surface area (Å²) in [5.41, 5.74) is 0. The van der Waals surface area contributed by atoms with Crippen LogP contribution in [-0.4, -0.2) is 23.4 Å². The maximum atomic E-state index is 11.7. The first-order valence-corrected chi connectivity index (χ1v) is 7.26. The molecule has 1 atom stereocenters. The molecule has 1 aromatic heterocycles. The lowest BCUT2D eigenvalue weighted by Gasteiger charge is -2.35. The van der Waals surface area contributed by atoms with Crippen LogP contribution in [-0.2, 0) is 4.79 Å². The van der Waals surface area contributed by atoms with Crippen LogP contribution in [0.2, 0.25) is 0 Å². The number of carbonyl (C=O) groups excluding carboxylic acids is 1. The zero-order chi connectivity index (χ0) is 12.4. The van der Waals surface area contributed by atoms with Gasteiger partial charge in [0.2, 0.25) is 0 Å². The Kier molecular flexibility index (Phi) is 4.20. The molecule has 2 rings (SSSR count). The molecule has 0 radical (unpaired) electrons. The van der Waals surface area contributed by atoms with Crippen LogP contribution in [0.5, 0.6) is 0 Å². The molecule has 0 spiro atoms. The SMILES string of the molecule is CC(=O)C1CCCCN1c1ncc(Br)cc1Br. The molecule has 3 nitrogen and oxygen atoms in total. The number of carbonyl (C=O) groups is 1. The highest BCUT2D eigenvalue weighted by atomic mass is 79.9. The molecule has 0 N–H and O–H groups in total. The third-order valence-electron chi connectivity index (χ3n) is 3.03. The standard InChI is InChI=1S/C12H14Br2N2O/c1-8(17)11-4-2-3-5-16(11)12-10(14)6-9(13)7-15-12/h6-7,11H,2-5H2,1H3. The van der Waals surface area contributed by atoms with Crippen LogP contribution < -0.4 is 4.90 Å². The Labute approximate surface area is 118 Å². The quantitative estimate of drug-likeness (QED) is 0.807. The molecule has 1 unspecified atom stereocenters. The molecule has 1 aromatic rings. The maximum absolute atomic E-state index is 11.7. The Morgan fingerprint density at radius 1 is 1.47 bits per heavy atom. The van der Waals surface area contributed by atoms with E-state index in [9.17, 15) is 4.79 Å². The van der Waals surface area contributed by atoms with Crippen LogP contribution in [0.4, 0.5) is 5.82 Å². The van der Waals surface area contributed by atoms with Gasteiger partial charge in [0.25, 0.3) is 0 Å². The Balaban J connectivity index is 2.32. The summed E-state index contributed by atoms with van der Waals surface area (Å²) in [6.07, 6.45) is 4.94. The number of nitrogens with zero attached hydrogens (tertiary/aromatic N) is 2. The fourth-order valence-corrected chi connectivity index (χ4v) is 3.44. The first-order chi connectivity index (χ1) is 8.09. The van der Waals surface area contributed by atoms with E-state index in [-0.39, 0.29) is 11.8 Å². The molecule has 5 heteroatoms. The van der Waals surface area contributed by atoms with Gasteiger partial charge in [-0.1, -0.05) is 0 Å². The summed E-state index contributed by atoms with van der Waals surface area (Å²) in [7, 11) is 0. The smallest absolute Gasteiger partial charge is 0.152 e. The van der Waals surface area contributed by atoms with Gasteiger partial charge in [0, 0.05) is 17.2 Å². The average Bonchev–Trinajstić information content (AvgIpc) is 2.29. The molecular formula is C12H14Br2N2O. The number of piperidine rings is 1. The van der Waals surface area contributed by atoms with E-state index in [1.54, 1.807) is 13.1 Å². The first-order valence-electron chi connectivity index (χ1n) is 5.67. The fraction of sp³-hybridized carbons (Fsp3) is 0.500. The molecule has 0 bridgehead atoms. The molecule has 0 amide bonds. The lowest BCUT2D eigenvalue weighted by molar-refractivity contribution is -0.118. The lowest BCUT2D eigenvalue weighted by atomic mass is 9.99. The normalized spacial score (nSPS) is 20.4. The van der Waals surface area contributed by atoms with Crippen molar-refractivity contribution in [2.24, 2.45) is 0 Å². The second-order valence-electron chi connectivity index (χ2n) is 4.27. The van der Waals surface area contributed by atoms with Gasteiger partial charge < -0.3 is 4.90 Å². The summed E-state index contributed by atoms with van der Waals surface area (Å²) in [6, 6.07) is 1.95. The zero-order valence-electron chi connectivity index (χ0n) is 9.62. The van der Waals surface area contributed by atoms with Gasteiger partial charge in [-0.15, -0.1) is 0 Å². The minimum Gasteiger partial charge on any atom is -0.346 e. The third-order valence-corrected chi connectivity index (χ3v) is 4.05. The summed E-state index contributed by atoms with van der Waals surface area (Å²) < 4.78 is 1.87. The number of pyridine rings is 1. The maximum Gasteiger partial charge on any atom is 0.152 e. The number of halogens is 2. The Bertz CT molecular complexity index is 437. The predicted molar refractivity (Wildman–Crippen MR) is 75.3 cm³/mol. The lowest BCUT2D eigenvalue weighted by Crippen LogP contribution is -2.44. The first kappa shape index (κ1) is 13.0. The van der Waals surface area contributed by atoms with E-state index in [4.69, 9.17) is 0 Å². The molecule has 1 aliphatic heterocycles. The molecule has 1 aliphatic rings. The van der Waals surface area contributed by atoms with Crippen molar-refractivity contribution in [1.29, 1.82) is 0 Å². The highest BCUT2D eigenvalue weighted by molar-refractivity contribution is 9.11. The van der Waals surface area contributed by atoms with Crippen molar-refractivity contribution in [1.82, 2.24) is 4.98 Å². The molecule has 0 aromatic carbocycles. The fourth-order valence-electron chi connectivity index (χ4n) is 2.23. The van der Waals surface area contributed by atoms with Gasteiger partial charge in [-0.05, 0) is 64.1 Å². The number of Topliss-reactive ketones (excluding diaryl/α,β-unsaturated/α-hetero) is 1. The third kappa shape index (κ3) is 2.88. The zero-order valence-corrected chi connectivity index (χ0v) is 12.8. The van der Waals surface area contributed by atoms with Gasteiger partial charge in [-0.25, -0.2) is 4.98 Å². The average molecular weight is 362 g/mol. The van der Waals surface area contributed by atoms with Crippen LogP contribution >= 0.6 is 31.9 Å². The monoisotopic (exact) mass is 360 g/mol. The second-order valence-corrected chi connectivity index (χ2v) is 6.04. The number of aromatic nitrogens is 1. The van der Waals surface area contributed by atoms with E-state index in [1.807, 2.05) is 6.07 Å². The molecule has 92 valence electrons. The summed E-state index contributed by atoms with van der Waals surface area (Å²) in [5, 5.41) is 0. The van der Waals surface area contributed by atoms with Crippen LogP contribution in [0, 0.1) is 0 Å². The summed E-state index contributed by atoms with van der Waals surface area (Å²) in [4.78, 5) is 18.2. The van der Waals surface area contributed by atoms with Crippen molar-refractivity contribution >= 4 is 43.5 Å². The molecular weight excluding hydrogens is 348 g/mol. The van der Waals surface area contributed by atoms with Crippen molar-refractivity contribution in [2.45, 2.75) is 32.2 Å². The van der Waals surface area contributed by atoms with Gasteiger partial charge >= 0.3 is 0 Å². The van der Waals surface area contributed by atoms with Crippen molar-refractivity contribution in [2.75, 3.05) is 11.4 Å². The van der Waals surface area contributed by atoms with Crippen LogP contribution in [0.25, 0.3) is 0 Å². The molecule has 2 heterocycles. The minimum absolute atomic E-state index is 0.0197. The Morgan fingerprint density at radius 3 is 2.88 bits per heavy atom. The molecule has 1 saturated heterocycles. The van der Waals surface area contributed by atoms with E-state index in [0.717, 1.165) is 40.6 Å². The number of anilines is 1. The van der Waals surface area contributed by atoms with Gasteiger partial charge in [-0.2, -0.15) is 0 Å². The molecule has 1 fully saturated rings. The van der Waals surface area contributed by atoms with Crippen molar-refractivity contribution in [3.63, 3.8) is 0 Å². The summed E-state index contributed by atoms with van der Waals surface area (Å²) in [6.45, 7) is 2.56. The van der Waals surface area contributed by atoms with Crippen LogP contribution in [0.3, 0.4) is 0 Å². The van der Waals surface area contributed by atoms with E-state index in [0.29, 0.717) is 0 Å². The van der Waals surface area contributed by atoms with Crippen LogP contribution in [0.15, 0.2) is 21.2 Å². The molecule has 0 saturated carbocycles. The number of hydrogen-bond donors (Lipinski definition) is 0. The molecule has 17 heavy (non-hydrogen) atoms. The molecule has 0 aliphatic carbocycles. The largest absolute Gasteiger partial charge is 0.346 e.